The standard InChI is InChI=1S/C25H31F3N2O/c1-18(31)21-7-9-22(10-8-21)23-11-6-20(16-29-23)5-4-19-12-14-30(15-13-19)17-24(2,3)25(26,27)28/h6-11,16,19,31H,1,4-5,12-15,17H2,2-3H3. The first kappa shape index (κ1) is 23.3. The van der Waals surface area contributed by atoms with Gasteiger partial charge in [0, 0.05) is 23.9 Å². The summed E-state index contributed by atoms with van der Waals surface area (Å²) in [6.07, 6.45) is 1.58. The van der Waals surface area contributed by atoms with Crippen LogP contribution in [0.25, 0.3) is 17.0 Å². The molecule has 1 aliphatic rings. The Morgan fingerprint density at radius 1 is 1.10 bits per heavy atom. The summed E-state index contributed by atoms with van der Waals surface area (Å²) in [5.41, 5.74) is 2.04. The summed E-state index contributed by atoms with van der Waals surface area (Å²) in [7, 11) is 0. The summed E-state index contributed by atoms with van der Waals surface area (Å²) in [4.78, 5) is 6.52. The van der Waals surface area contributed by atoms with E-state index in [1.54, 1.807) is 0 Å². The van der Waals surface area contributed by atoms with Crippen LogP contribution in [-0.2, 0) is 6.42 Å². The molecule has 0 aliphatic carbocycles. The molecule has 0 unspecified atom stereocenters. The van der Waals surface area contributed by atoms with E-state index in [1.807, 2.05) is 41.4 Å². The van der Waals surface area contributed by atoms with E-state index >= 15 is 0 Å². The molecular weight excluding hydrogens is 401 g/mol. The number of hydrogen-bond acceptors (Lipinski definition) is 3. The summed E-state index contributed by atoms with van der Waals surface area (Å²) < 4.78 is 39.3. The van der Waals surface area contributed by atoms with Gasteiger partial charge in [0.1, 0.15) is 5.76 Å². The molecule has 0 saturated carbocycles. The van der Waals surface area contributed by atoms with Gasteiger partial charge in [0.2, 0.25) is 0 Å². The summed E-state index contributed by atoms with van der Waals surface area (Å²) in [5, 5.41) is 9.43. The van der Waals surface area contributed by atoms with Crippen molar-refractivity contribution in [3.8, 4) is 11.3 Å². The van der Waals surface area contributed by atoms with E-state index < -0.39 is 11.6 Å². The largest absolute Gasteiger partial charge is 0.508 e. The predicted octanol–water partition coefficient (Wildman–Crippen LogP) is 6.51. The number of hydrogen-bond donors (Lipinski definition) is 1. The van der Waals surface area contributed by atoms with Crippen LogP contribution in [0.15, 0.2) is 49.2 Å². The van der Waals surface area contributed by atoms with Crippen molar-refractivity contribution in [2.24, 2.45) is 11.3 Å². The van der Waals surface area contributed by atoms with Crippen LogP contribution in [-0.4, -0.2) is 40.8 Å². The molecule has 0 radical (unpaired) electrons. The molecule has 168 valence electrons. The van der Waals surface area contributed by atoms with E-state index in [-0.39, 0.29) is 12.3 Å². The fraction of sp³-hybridized carbons (Fsp3) is 0.480. The van der Waals surface area contributed by atoms with Crippen LogP contribution in [0.3, 0.4) is 0 Å². The number of aliphatic hydroxyl groups is 1. The van der Waals surface area contributed by atoms with Crippen molar-refractivity contribution in [1.29, 1.82) is 0 Å². The van der Waals surface area contributed by atoms with E-state index in [2.05, 4.69) is 17.6 Å². The summed E-state index contributed by atoms with van der Waals surface area (Å²) in [6, 6.07) is 11.5. The molecule has 0 atom stereocenters. The first-order chi connectivity index (χ1) is 14.5. The molecule has 3 rings (SSSR count). The van der Waals surface area contributed by atoms with Gasteiger partial charge in [-0.15, -0.1) is 0 Å². The lowest BCUT2D eigenvalue weighted by Gasteiger charge is -2.38. The Balaban J connectivity index is 1.46. The van der Waals surface area contributed by atoms with Gasteiger partial charge in [-0.2, -0.15) is 13.2 Å². The Labute approximate surface area is 182 Å². The quantitative estimate of drug-likeness (QED) is 0.507. The third-order valence-corrected chi connectivity index (χ3v) is 6.27. The van der Waals surface area contributed by atoms with Crippen LogP contribution >= 0.6 is 0 Å². The molecule has 0 amide bonds. The zero-order chi connectivity index (χ0) is 22.6. The fourth-order valence-electron chi connectivity index (χ4n) is 4.03. The molecule has 31 heavy (non-hydrogen) atoms. The Bertz CT molecular complexity index is 865. The number of rotatable bonds is 7. The van der Waals surface area contributed by atoms with Crippen molar-refractivity contribution in [1.82, 2.24) is 9.88 Å². The first-order valence-electron chi connectivity index (χ1n) is 10.8. The van der Waals surface area contributed by atoms with Gasteiger partial charge >= 0.3 is 6.18 Å². The van der Waals surface area contributed by atoms with E-state index in [9.17, 15) is 18.3 Å². The molecule has 1 aromatic heterocycles. The van der Waals surface area contributed by atoms with Crippen LogP contribution in [0.1, 0.15) is 44.2 Å². The number of halogens is 3. The lowest BCUT2D eigenvalue weighted by molar-refractivity contribution is -0.217. The van der Waals surface area contributed by atoms with Gasteiger partial charge in [0.15, 0.2) is 0 Å². The molecule has 1 aliphatic heterocycles. The summed E-state index contributed by atoms with van der Waals surface area (Å²) in [5.74, 6) is 0.591. The highest BCUT2D eigenvalue weighted by atomic mass is 19.4. The summed E-state index contributed by atoms with van der Waals surface area (Å²) in [6.45, 7) is 7.63. The van der Waals surface area contributed by atoms with E-state index in [0.717, 1.165) is 50.0 Å². The fourth-order valence-corrected chi connectivity index (χ4v) is 4.03. The van der Waals surface area contributed by atoms with Gasteiger partial charge in [-0.05, 0) is 70.2 Å². The first-order valence-corrected chi connectivity index (χ1v) is 10.8. The minimum atomic E-state index is -4.17. The van der Waals surface area contributed by atoms with Gasteiger partial charge in [-0.1, -0.05) is 36.9 Å². The maximum absolute atomic E-state index is 13.1. The lowest BCUT2D eigenvalue weighted by Crippen LogP contribution is -2.46. The number of benzene rings is 1. The Morgan fingerprint density at radius 3 is 2.26 bits per heavy atom. The number of aromatic nitrogens is 1. The number of nitrogens with zero attached hydrogens (tertiary/aromatic N) is 2. The van der Waals surface area contributed by atoms with Crippen molar-refractivity contribution in [3.05, 3.63) is 60.3 Å². The van der Waals surface area contributed by atoms with Gasteiger partial charge in [-0.3, -0.25) is 4.98 Å². The second kappa shape index (κ2) is 9.43. The highest BCUT2D eigenvalue weighted by Crippen LogP contribution is 2.39. The van der Waals surface area contributed by atoms with E-state index in [0.29, 0.717) is 11.5 Å². The monoisotopic (exact) mass is 432 g/mol. The number of alkyl halides is 3. The third-order valence-electron chi connectivity index (χ3n) is 6.27. The molecule has 3 nitrogen and oxygen atoms in total. The predicted molar refractivity (Wildman–Crippen MR) is 119 cm³/mol. The highest BCUT2D eigenvalue weighted by molar-refractivity contribution is 5.64. The minimum absolute atomic E-state index is 0.0461. The van der Waals surface area contributed by atoms with Crippen molar-refractivity contribution in [2.75, 3.05) is 19.6 Å². The topological polar surface area (TPSA) is 36.4 Å². The van der Waals surface area contributed by atoms with Crippen LogP contribution in [0.4, 0.5) is 13.2 Å². The minimum Gasteiger partial charge on any atom is -0.508 e. The van der Waals surface area contributed by atoms with Crippen molar-refractivity contribution >= 4 is 5.76 Å². The molecule has 1 N–H and O–H groups in total. The van der Waals surface area contributed by atoms with Crippen molar-refractivity contribution < 1.29 is 18.3 Å². The zero-order valence-corrected chi connectivity index (χ0v) is 18.3. The van der Waals surface area contributed by atoms with Gasteiger partial charge in [-0.25, -0.2) is 0 Å². The van der Waals surface area contributed by atoms with Crippen LogP contribution < -0.4 is 0 Å². The average Bonchev–Trinajstić information content (AvgIpc) is 2.73. The number of likely N-dealkylation sites (tertiary alicyclic amines) is 1. The average molecular weight is 433 g/mol. The molecule has 2 aromatic rings. The second-order valence-corrected chi connectivity index (χ2v) is 9.22. The van der Waals surface area contributed by atoms with Gasteiger partial charge in [0.25, 0.3) is 0 Å². The van der Waals surface area contributed by atoms with E-state index in [4.69, 9.17) is 0 Å². The van der Waals surface area contributed by atoms with Crippen molar-refractivity contribution in [2.45, 2.75) is 45.7 Å². The molecule has 1 fully saturated rings. The van der Waals surface area contributed by atoms with E-state index in [1.165, 1.54) is 19.4 Å². The smallest absolute Gasteiger partial charge is 0.395 e. The zero-order valence-electron chi connectivity index (χ0n) is 18.3. The number of pyridine rings is 1. The number of piperidine rings is 1. The SMILES string of the molecule is C=C(O)c1ccc(-c2ccc(CCC3CCN(CC(C)(C)C(F)(F)F)CC3)cn2)cc1. The molecule has 2 heterocycles. The lowest BCUT2D eigenvalue weighted by atomic mass is 9.87. The number of aliphatic hydroxyl groups excluding tert-OH is 1. The molecular formula is C25H31F3N2O. The van der Waals surface area contributed by atoms with Gasteiger partial charge in [0.05, 0.1) is 11.1 Å². The van der Waals surface area contributed by atoms with Crippen LogP contribution in [0.2, 0.25) is 0 Å². The second-order valence-electron chi connectivity index (χ2n) is 9.22. The maximum Gasteiger partial charge on any atom is 0.395 e. The molecule has 6 heteroatoms. The van der Waals surface area contributed by atoms with Crippen molar-refractivity contribution in [3.63, 3.8) is 0 Å². The van der Waals surface area contributed by atoms with Crippen LogP contribution in [0.5, 0.6) is 0 Å². The number of aryl methyl sites for hydroxylation is 1. The molecule has 0 spiro atoms. The summed E-state index contributed by atoms with van der Waals surface area (Å²) >= 11 is 0. The highest BCUT2D eigenvalue weighted by Gasteiger charge is 2.48. The maximum atomic E-state index is 13.1. The Kier molecular flexibility index (Phi) is 7.10. The molecule has 1 aromatic carbocycles. The van der Waals surface area contributed by atoms with Gasteiger partial charge < -0.3 is 10.0 Å². The normalized spacial score (nSPS) is 16.4. The van der Waals surface area contributed by atoms with Crippen LogP contribution in [0, 0.1) is 11.3 Å². The Hall–Kier alpha value is -2.34. The third kappa shape index (κ3) is 6.10. The Morgan fingerprint density at radius 2 is 1.74 bits per heavy atom. The molecule has 1 saturated heterocycles. The molecule has 0 bridgehead atoms.